The van der Waals surface area contributed by atoms with Crippen LogP contribution in [-0.2, 0) is 19.1 Å². The molecule has 0 fully saturated rings. The molecule has 2 atom stereocenters. The summed E-state index contributed by atoms with van der Waals surface area (Å²) in [6.07, 6.45) is 5.81. The van der Waals surface area contributed by atoms with Crippen LogP contribution in [0.2, 0.25) is 5.02 Å². The Morgan fingerprint density at radius 3 is 1.64 bits per heavy atom. The molecule has 0 saturated carbocycles. The molecule has 3 aromatic rings. The second-order valence-corrected chi connectivity index (χ2v) is 10.5. The van der Waals surface area contributed by atoms with Gasteiger partial charge in [0.25, 0.3) is 0 Å². The number of esters is 2. The zero-order chi connectivity index (χ0) is 28.2. The Hall–Kier alpha value is -2.99. The van der Waals surface area contributed by atoms with Crippen molar-refractivity contribution in [1.82, 2.24) is 0 Å². The van der Waals surface area contributed by atoms with E-state index in [0.717, 1.165) is 60.1 Å². The van der Waals surface area contributed by atoms with Gasteiger partial charge in [-0.3, -0.25) is 9.59 Å². The van der Waals surface area contributed by atoms with Crippen LogP contribution >= 0.6 is 11.6 Å². The summed E-state index contributed by atoms with van der Waals surface area (Å²) in [5, 5.41) is 3.92. The van der Waals surface area contributed by atoms with Gasteiger partial charge in [-0.15, -0.1) is 0 Å². The molecule has 0 saturated heterocycles. The van der Waals surface area contributed by atoms with E-state index in [-0.39, 0.29) is 25.2 Å². The van der Waals surface area contributed by atoms with E-state index >= 15 is 0 Å². The largest absolute Gasteiger partial charge is 0.488 e. The summed E-state index contributed by atoms with van der Waals surface area (Å²) in [4.78, 5) is 24.3. The third-order valence-electron chi connectivity index (χ3n) is 6.45. The summed E-state index contributed by atoms with van der Waals surface area (Å²) in [6, 6.07) is 13.4. The summed E-state index contributed by atoms with van der Waals surface area (Å²) in [5.41, 5.74) is 0. The highest BCUT2D eigenvalue weighted by atomic mass is 35.5. The molecule has 0 heterocycles. The Labute approximate surface area is 236 Å². The van der Waals surface area contributed by atoms with Crippen LogP contribution in [0.3, 0.4) is 0 Å². The average Bonchev–Trinajstić information content (AvgIpc) is 2.90. The van der Waals surface area contributed by atoms with E-state index in [1.807, 2.05) is 56.3 Å². The Morgan fingerprint density at radius 1 is 0.692 bits per heavy atom. The number of hydrogen-bond donors (Lipinski definition) is 0. The Kier molecular flexibility index (Phi) is 12.2. The number of benzene rings is 3. The number of hydrogen-bond acceptors (Lipinski definition) is 6. The topological polar surface area (TPSA) is 71.1 Å². The lowest BCUT2D eigenvalue weighted by molar-refractivity contribution is -0.150. The fourth-order valence-electron chi connectivity index (χ4n) is 4.46. The summed E-state index contributed by atoms with van der Waals surface area (Å²) < 4.78 is 23.7. The molecule has 0 aliphatic heterocycles. The van der Waals surface area contributed by atoms with Gasteiger partial charge >= 0.3 is 11.9 Å². The van der Waals surface area contributed by atoms with Crippen molar-refractivity contribution in [2.45, 2.75) is 91.3 Å². The molecule has 0 aromatic heterocycles. The Morgan fingerprint density at radius 2 is 1.15 bits per heavy atom. The van der Waals surface area contributed by atoms with Crippen LogP contribution in [0.25, 0.3) is 21.5 Å². The van der Waals surface area contributed by atoms with E-state index in [0.29, 0.717) is 29.4 Å². The van der Waals surface area contributed by atoms with Gasteiger partial charge < -0.3 is 18.9 Å². The average molecular weight is 557 g/mol. The van der Waals surface area contributed by atoms with Crippen molar-refractivity contribution >= 4 is 45.1 Å². The minimum Gasteiger partial charge on any atom is -0.488 e. The molecule has 0 aliphatic rings. The van der Waals surface area contributed by atoms with Crippen molar-refractivity contribution in [2.75, 3.05) is 13.2 Å². The van der Waals surface area contributed by atoms with Gasteiger partial charge in [0.2, 0.25) is 0 Å². The standard InChI is InChI=1S/C32H41ClO6/c1-5-7-9-15-29(34)38-22(3)20-36-31-25-13-11-12-14-26(25)32(28-19-24(33)17-18-27(28)31)37-21-23(4)39-30(35)16-10-8-6-2/h11-14,17-19,22-23H,5-10,15-16,20-21H2,1-4H3. The second-order valence-electron chi connectivity index (χ2n) is 10.0. The van der Waals surface area contributed by atoms with Crippen LogP contribution in [0.1, 0.15) is 79.1 Å². The smallest absolute Gasteiger partial charge is 0.306 e. The van der Waals surface area contributed by atoms with Crippen LogP contribution in [0.4, 0.5) is 0 Å². The fraction of sp³-hybridized carbons (Fsp3) is 0.500. The molecule has 0 aliphatic carbocycles. The third kappa shape index (κ3) is 9.03. The van der Waals surface area contributed by atoms with Crippen molar-refractivity contribution in [1.29, 1.82) is 0 Å². The second kappa shape index (κ2) is 15.6. The maximum atomic E-state index is 12.2. The van der Waals surface area contributed by atoms with Gasteiger partial charge in [0, 0.05) is 39.4 Å². The molecule has 39 heavy (non-hydrogen) atoms. The van der Waals surface area contributed by atoms with Crippen LogP contribution in [0.15, 0.2) is 42.5 Å². The molecular weight excluding hydrogens is 516 g/mol. The first-order valence-corrected chi connectivity index (χ1v) is 14.5. The first-order valence-electron chi connectivity index (χ1n) is 14.1. The molecule has 7 heteroatoms. The lowest BCUT2D eigenvalue weighted by Crippen LogP contribution is -2.22. The maximum absolute atomic E-state index is 12.2. The first kappa shape index (κ1) is 30.6. The van der Waals surface area contributed by atoms with Crippen LogP contribution < -0.4 is 9.47 Å². The molecule has 6 nitrogen and oxygen atoms in total. The minimum absolute atomic E-state index is 0.204. The van der Waals surface area contributed by atoms with E-state index in [1.54, 1.807) is 0 Å². The van der Waals surface area contributed by atoms with Gasteiger partial charge in [-0.1, -0.05) is 75.4 Å². The monoisotopic (exact) mass is 556 g/mol. The number of ether oxygens (including phenoxy) is 4. The fourth-order valence-corrected chi connectivity index (χ4v) is 4.63. The SMILES string of the molecule is CCCCCC(=O)OC(C)COc1c2ccccc2c(OCC(C)OC(=O)CCCCC)c2cc(Cl)ccc12. The normalized spacial score (nSPS) is 12.7. The zero-order valence-corrected chi connectivity index (χ0v) is 24.4. The highest BCUT2D eigenvalue weighted by Gasteiger charge is 2.19. The minimum atomic E-state index is -0.407. The van der Waals surface area contributed by atoms with Gasteiger partial charge in [0.05, 0.1) is 0 Å². The van der Waals surface area contributed by atoms with Gasteiger partial charge in [-0.2, -0.15) is 0 Å². The van der Waals surface area contributed by atoms with E-state index in [4.69, 9.17) is 30.5 Å². The molecule has 0 spiro atoms. The van der Waals surface area contributed by atoms with Crippen molar-refractivity contribution in [3.63, 3.8) is 0 Å². The van der Waals surface area contributed by atoms with E-state index in [2.05, 4.69) is 13.8 Å². The molecule has 3 aromatic carbocycles. The molecule has 0 amide bonds. The van der Waals surface area contributed by atoms with Crippen molar-refractivity contribution in [3.05, 3.63) is 47.5 Å². The Balaban J connectivity index is 1.81. The summed E-state index contributed by atoms with van der Waals surface area (Å²) in [6.45, 7) is 8.29. The number of halogens is 1. The zero-order valence-electron chi connectivity index (χ0n) is 23.6. The number of fused-ring (bicyclic) bond motifs is 2. The van der Waals surface area contributed by atoms with Crippen LogP contribution in [-0.4, -0.2) is 37.4 Å². The van der Waals surface area contributed by atoms with Crippen LogP contribution in [0.5, 0.6) is 11.5 Å². The van der Waals surface area contributed by atoms with Gasteiger partial charge in [-0.05, 0) is 44.9 Å². The predicted molar refractivity (Wildman–Crippen MR) is 157 cm³/mol. The molecule has 3 rings (SSSR count). The summed E-state index contributed by atoms with van der Waals surface area (Å²) >= 11 is 6.40. The molecular formula is C32H41ClO6. The number of carbonyl (C=O) groups excluding carboxylic acids is 2. The van der Waals surface area contributed by atoms with E-state index < -0.39 is 12.2 Å². The summed E-state index contributed by atoms with van der Waals surface area (Å²) in [7, 11) is 0. The van der Waals surface area contributed by atoms with Crippen molar-refractivity contribution < 1.29 is 28.5 Å². The van der Waals surface area contributed by atoms with E-state index in [9.17, 15) is 9.59 Å². The molecule has 2 unspecified atom stereocenters. The Bertz CT molecular complexity index is 1240. The molecule has 212 valence electrons. The molecule has 0 radical (unpaired) electrons. The maximum Gasteiger partial charge on any atom is 0.306 e. The first-order chi connectivity index (χ1) is 18.8. The van der Waals surface area contributed by atoms with Gasteiger partial charge in [-0.25, -0.2) is 0 Å². The molecule has 0 bridgehead atoms. The van der Waals surface area contributed by atoms with Gasteiger partial charge in [0.15, 0.2) is 0 Å². The number of carbonyl (C=O) groups is 2. The third-order valence-corrected chi connectivity index (χ3v) is 6.68. The lowest BCUT2D eigenvalue weighted by Gasteiger charge is -2.21. The molecule has 0 N–H and O–H groups in total. The van der Waals surface area contributed by atoms with Crippen LogP contribution in [0, 0.1) is 0 Å². The number of unbranched alkanes of at least 4 members (excludes halogenated alkanes) is 4. The predicted octanol–water partition coefficient (Wildman–Crippen LogP) is 8.43. The highest BCUT2D eigenvalue weighted by molar-refractivity contribution is 6.31. The van der Waals surface area contributed by atoms with E-state index in [1.165, 1.54) is 0 Å². The number of rotatable bonds is 16. The quantitative estimate of drug-likeness (QED) is 0.100. The van der Waals surface area contributed by atoms with Gasteiger partial charge in [0.1, 0.15) is 36.9 Å². The van der Waals surface area contributed by atoms with Crippen molar-refractivity contribution in [3.8, 4) is 11.5 Å². The highest BCUT2D eigenvalue weighted by Crippen LogP contribution is 2.43. The summed E-state index contributed by atoms with van der Waals surface area (Å²) in [5.74, 6) is 0.917. The van der Waals surface area contributed by atoms with Crippen molar-refractivity contribution in [2.24, 2.45) is 0 Å². The lowest BCUT2D eigenvalue weighted by atomic mass is 10.0.